The number of nitrogens with two attached hydrogens (primary N) is 1. The van der Waals surface area contributed by atoms with E-state index >= 15 is 0 Å². The van der Waals surface area contributed by atoms with Crippen LogP contribution in [0.4, 0.5) is 14.5 Å². The maximum atomic E-state index is 13.0. The van der Waals surface area contributed by atoms with Gasteiger partial charge in [0.15, 0.2) is 0 Å². The fourth-order valence-electron chi connectivity index (χ4n) is 1.87. The second-order valence-electron chi connectivity index (χ2n) is 4.90. The van der Waals surface area contributed by atoms with Crippen molar-refractivity contribution in [2.24, 2.45) is 5.73 Å². The number of ether oxygens (including phenoxy) is 1. The lowest BCUT2D eigenvalue weighted by molar-refractivity contribution is 0.281. The fraction of sp³-hybridized carbons (Fsp3) is 0.250. The van der Waals surface area contributed by atoms with Crippen molar-refractivity contribution in [3.05, 3.63) is 59.1 Å². The van der Waals surface area contributed by atoms with Gasteiger partial charge in [-0.1, -0.05) is 11.6 Å². The summed E-state index contributed by atoms with van der Waals surface area (Å²) in [5.41, 5.74) is 6.86. The second kappa shape index (κ2) is 7.96. The molecule has 118 valence electrons. The summed E-state index contributed by atoms with van der Waals surface area (Å²) in [5.74, 6) is -1.21. The molecule has 2 aromatic rings. The predicted molar refractivity (Wildman–Crippen MR) is 84.4 cm³/mol. The first kappa shape index (κ1) is 16.5. The Bertz CT molecular complexity index is 587. The van der Waals surface area contributed by atoms with E-state index in [0.29, 0.717) is 18.0 Å². The van der Waals surface area contributed by atoms with E-state index in [4.69, 9.17) is 22.1 Å². The minimum Gasteiger partial charge on any atom is -0.492 e. The van der Waals surface area contributed by atoms with Crippen molar-refractivity contribution in [3.63, 3.8) is 0 Å². The van der Waals surface area contributed by atoms with Gasteiger partial charge in [0.05, 0.1) is 0 Å². The molecule has 3 nitrogen and oxygen atoms in total. The average Bonchev–Trinajstić information content (AvgIpc) is 2.46. The molecule has 0 spiro atoms. The molecule has 0 bridgehead atoms. The molecular formula is C16H17ClF2N2O. The Kier molecular flexibility index (Phi) is 5.98. The van der Waals surface area contributed by atoms with Gasteiger partial charge in [-0.2, -0.15) is 0 Å². The molecule has 0 amide bonds. The third kappa shape index (κ3) is 5.50. The molecule has 0 unspecified atom stereocenters. The summed E-state index contributed by atoms with van der Waals surface area (Å²) in [6.45, 7) is 0.842. The number of hydrogen-bond donors (Lipinski definition) is 2. The van der Waals surface area contributed by atoms with Crippen molar-refractivity contribution in [1.82, 2.24) is 0 Å². The lowest BCUT2D eigenvalue weighted by atomic mass is 10.2. The van der Waals surface area contributed by atoms with Crippen LogP contribution in [0.1, 0.15) is 6.42 Å². The SMILES string of the molecule is N[C@H](CCNc1ccc(Cl)cc1)COc1cc(F)cc(F)c1. The Labute approximate surface area is 133 Å². The van der Waals surface area contributed by atoms with Gasteiger partial charge in [0.2, 0.25) is 0 Å². The summed E-state index contributed by atoms with van der Waals surface area (Å²) >= 11 is 5.80. The van der Waals surface area contributed by atoms with E-state index in [0.717, 1.165) is 23.9 Å². The highest BCUT2D eigenvalue weighted by Gasteiger charge is 2.06. The van der Waals surface area contributed by atoms with Crippen LogP contribution in [-0.4, -0.2) is 19.2 Å². The zero-order valence-corrected chi connectivity index (χ0v) is 12.6. The number of benzene rings is 2. The van der Waals surface area contributed by atoms with Gasteiger partial charge in [-0.05, 0) is 30.7 Å². The first-order chi connectivity index (χ1) is 10.5. The normalized spacial score (nSPS) is 12.0. The molecule has 3 N–H and O–H groups in total. The smallest absolute Gasteiger partial charge is 0.129 e. The summed E-state index contributed by atoms with van der Waals surface area (Å²) in [6, 6.07) is 10.1. The number of rotatable bonds is 7. The minimum absolute atomic E-state index is 0.138. The van der Waals surface area contributed by atoms with Crippen molar-refractivity contribution in [3.8, 4) is 5.75 Å². The summed E-state index contributed by atoms with van der Waals surface area (Å²) in [7, 11) is 0. The quantitative estimate of drug-likeness (QED) is 0.813. The van der Waals surface area contributed by atoms with Crippen LogP contribution in [0, 0.1) is 11.6 Å². The molecule has 0 aliphatic heterocycles. The molecule has 0 aromatic heterocycles. The largest absolute Gasteiger partial charge is 0.492 e. The van der Waals surface area contributed by atoms with E-state index in [2.05, 4.69) is 5.32 Å². The van der Waals surface area contributed by atoms with Crippen LogP contribution in [0.15, 0.2) is 42.5 Å². The second-order valence-corrected chi connectivity index (χ2v) is 5.34. The average molecular weight is 327 g/mol. The number of nitrogens with one attached hydrogen (secondary N) is 1. The first-order valence-corrected chi connectivity index (χ1v) is 7.24. The van der Waals surface area contributed by atoms with Crippen molar-refractivity contribution in [2.75, 3.05) is 18.5 Å². The standard InChI is InChI=1S/C16H17ClF2N2O/c17-11-1-3-15(4-2-11)21-6-5-14(20)10-22-16-8-12(18)7-13(19)9-16/h1-4,7-9,14,21H,5-6,10,20H2/t14-/m1/s1. The summed E-state index contributed by atoms with van der Waals surface area (Å²) < 4.78 is 31.3. The van der Waals surface area contributed by atoms with Gasteiger partial charge in [-0.3, -0.25) is 0 Å². The molecule has 2 rings (SSSR count). The summed E-state index contributed by atoms with van der Waals surface area (Å²) in [4.78, 5) is 0. The Balaban J connectivity index is 1.71. The lowest BCUT2D eigenvalue weighted by Crippen LogP contribution is -2.30. The van der Waals surface area contributed by atoms with E-state index in [1.54, 1.807) is 12.1 Å². The van der Waals surface area contributed by atoms with E-state index < -0.39 is 11.6 Å². The summed E-state index contributed by atoms with van der Waals surface area (Å²) in [5, 5.41) is 3.88. The third-order valence-electron chi connectivity index (χ3n) is 2.99. The van der Waals surface area contributed by atoms with E-state index in [1.165, 1.54) is 0 Å². The zero-order chi connectivity index (χ0) is 15.9. The summed E-state index contributed by atoms with van der Waals surface area (Å²) in [6.07, 6.45) is 0.653. The molecule has 0 saturated carbocycles. The van der Waals surface area contributed by atoms with E-state index in [9.17, 15) is 8.78 Å². The van der Waals surface area contributed by atoms with Crippen LogP contribution in [-0.2, 0) is 0 Å². The lowest BCUT2D eigenvalue weighted by Gasteiger charge is -2.14. The Morgan fingerprint density at radius 3 is 2.36 bits per heavy atom. The van der Waals surface area contributed by atoms with Crippen LogP contribution in [0.5, 0.6) is 5.75 Å². The number of halogens is 3. The van der Waals surface area contributed by atoms with Crippen LogP contribution in [0.2, 0.25) is 5.02 Å². The van der Waals surface area contributed by atoms with Crippen molar-refractivity contribution < 1.29 is 13.5 Å². The molecule has 22 heavy (non-hydrogen) atoms. The molecule has 0 aliphatic carbocycles. The molecule has 0 radical (unpaired) electrons. The molecule has 6 heteroatoms. The predicted octanol–water partition coefficient (Wildman–Crippen LogP) is 3.83. The van der Waals surface area contributed by atoms with Crippen LogP contribution in [0.25, 0.3) is 0 Å². The fourth-order valence-corrected chi connectivity index (χ4v) is 1.99. The molecule has 1 atom stereocenters. The van der Waals surface area contributed by atoms with E-state index in [-0.39, 0.29) is 18.4 Å². The molecule has 0 heterocycles. The Morgan fingerprint density at radius 1 is 1.09 bits per heavy atom. The Hall–Kier alpha value is -1.85. The number of anilines is 1. The van der Waals surface area contributed by atoms with Gasteiger partial charge in [0.1, 0.15) is 24.0 Å². The van der Waals surface area contributed by atoms with Gasteiger partial charge in [0.25, 0.3) is 0 Å². The van der Waals surface area contributed by atoms with Gasteiger partial charge >= 0.3 is 0 Å². The van der Waals surface area contributed by atoms with Crippen molar-refractivity contribution >= 4 is 17.3 Å². The molecule has 0 aliphatic rings. The highest BCUT2D eigenvalue weighted by molar-refractivity contribution is 6.30. The number of hydrogen-bond acceptors (Lipinski definition) is 3. The highest BCUT2D eigenvalue weighted by Crippen LogP contribution is 2.16. The first-order valence-electron chi connectivity index (χ1n) is 6.87. The third-order valence-corrected chi connectivity index (χ3v) is 3.24. The monoisotopic (exact) mass is 326 g/mol. The van der Waals surface area contributed by atoms with E-state index in [1.807, 2.05) is 12.1 Å². The van der Waals surface area contributed by atoms with Crippen LogP contribution < -0.4 is 15.8 Å². The highest BCUT2D eigenvalue weighted by atomic mass is 35.5. The maximum Gasteiger partial charge on any atom is 0.129 e. The molecular weight excluding hydrogens is 310 g/mol. The maximum absolute atomic E-state index is 13.0. The van der Waals surface area contributed by atoms with Gasteiger partial charge < -0.3 is 15.8 Å². The topological polar surface area (TPSA) is 47.3 Å². The van der Waals surface area contributed by atoms with Crippen molar-refractivity contribution in [1.29, 1.82) is 0 Å². The van der Waals surface area contributed by atoms with Crippen LogP contribution >= 0.6 is 11.6 Å². The van der Waals surface area contributed by atoms with Gasteiger partial charge in [0, 0.05) is 41.5 Å². The molecule has 0 saturated heterocycles. The van der Waals surface area contributed by atoms with Crippen LogP contribution in [0.3, 0.4) is 0 Å². The minimum atomic E-state index is -0.673. The van der Waals surface area contributed by atoms with Crippen molar-refractivity contribution in [2.45, 2.75) is 12.5 Å². The zero-order valence-electron chi connectivity index (χ0n) is 11.9. The van der Waals surface area contributed by atoms with Gasteiger partial charge in [-0.25, -0.2) is 8.78 Å². The van der Waals surface area contributed by atoms with Gasteiger partial charge in [-0.15, -0.1) is 0 Å². The molecule has 0 fully saturated rings. The molecule has 2 aromatic carbocycles. The Morgan fingerprint density at radius 2 is 1.73 bits per heavy atom.